The van der Waals surface area contributed by atoms with Gasteiger partial charge in [0.1, 0.15) is 0 Å². The summed E-state index contributed by atoms with van der Waals surface area (Å²) in [5.41, 5.74) is 8.04. The van der Waals surface area contributed by atoms with E-state index in [1.807, 2.05) is 31.2 Å². The molecule has 0 saturated carbocycles. The molecule has 2 aromatic carbocycles. The van der Waals surface area contributed by atoms with Crippen LogP contribution in [0.2, 0.25) is 0 Å². The SMILES string of the molecule is Cc1cc(/C=N\NC(=O)CSCc2cccc(Br)c2)c(C)n1-c1cccc(Br)c1. The zero-order chi connectivity index (χ0) is 20.8. The third-order valence-corrected chi connectivity index (χ3v) is 6.31. The second-order valence-electron chi connectivity index (χ2n) is 6.56. The molecule has 3 aromatic rings. The van der Waals surface area contributed by atoms with Gasteiger partial charge < -0.3 is 4.57 Å². The Balaban J connectivity index is 1.56. The first kappa shape index (κ1) is 21.9. The van der Waals surface area contributed by atoms with Crippen LogP contribution in [0.25, 0.3) is 5.69 Å². The minimum atomic E-state index is -0.109. The number of hydrogen-bond donors (Lipinski definition) is 1. The Morgan fingerprint density at radius 3 is 2.55 bits per heavy atom. The predicted molar refractivity (Wildman–Crippen MR) is 129 cm³/mol. The maximum Gasteiger partial charge on any atom is 0.250 e. The standard InChI is InChI=1S/C22H21Br2N3OS/c1-15-9-18(16(2)27(15)21-8-4-7-20(24)11-21)12-25-26-22(28)14-29-13-17-5-3-6-19(23)10-17/h3-12H,13-14H2,1-2H3,(H,26,28)/b25-12-. The first-order chi connectivity index (χ1) is 13.9. The fourth-order valence-electron chi connectivity index (χ4n) is 3.03. The van der Waals surface area contributed by atoms with Gasteiger partial charge in [-0.25, -0.2) is 5.43 Å². The molecule has 0 saturated heterocycles. The van der Waals surface area contributed by atoms with Crippen LogP contribution in [-0.2, 0) is 10.5 Å². The van der Waals surface area contributed by atoms with E-state index in [2.05, 4.69) is 84.2 Å². The van der Waals surface area contributed by atoms with Gasteiger partial charge in [0.2, 0.25) is 5.91 Å². The second kappa shape index (κ2) is 10.3. The molecule has 1 N–H and O–H groups in total. The molecule has 0 spiro atoms. The lowest BCUT2D eigenvalue weighted by Gasteiger charge is -2.09. The predicted octanol–water partition coefficient (Wildman–Crippen LogP) is 6.00. The summed E-state index contributed by atoms with van der Waals surface area (Å²) in [6.07, 6.45) is 1.70. The average molecular weight is 535 g/mol. The lowest BCUT2D eigenvalue weighted by atomic mass is 10.2. The molecule has 0 unspecified atom stereocenters. The van der Waals surface area contributed by atoms with E-state index in [4.69, 9.17) is 0 Å². The molecule has 1 aromatic heterocycles. The quantitative estimate of drug-likeness (QED) is 0.298. The lowest BCUT2D eigenvalue weighted by Crippen LogP contribution is -2.19. The summed E-state index contributed by atoms with van der Waals surface area (Å²) in [6.45, 7) is 4.10. The van der Waals surface area contributed by atoms with Crippen molar-refractivity contribution in [1.29, 1.82) is 0 Å². The van der Waals surface area contributed by atoms with Crippen molar-refractivity contribution in [2.45, 2.75) is 19.6 Å². The molecule has 0 aliphatic carbocycles. The Labute approximate surface area is 192 Å². The zero-order valence-corrected chi connectivity index (χ0v) is 20.1. The molecule has 1 heterocycles. The number of thioether (sulfide) groups is 1. The van der Waals surface area contributed by atoms with E-state index in [0.717, 1.165) is 37.3 Å². The van der Waals surface area contributed by atoms with Gasteiger partial charge in [0.15, 0.2) is 0 Å². The number of nitrogens with zero attached hydrogens (tertiary/aromatic N) is 2. The smallest absolute Gasteiger partial charge is 0.250 e. The Bertz CT molecular complexity index is 1050. The highest BCUT2D eigenvalue weighted by molar-refractivity contribution is 9.10. The van der Waals surface area contributed by atoms with Gasteiger partial charge in [0, 0.05) is 37.3 Å². The fourth-order valence-corrected chi connectivity index (χ4v) is 4.63. The largest absolute Gasteiger partial charge is 0.318 e. The summed E-state index contributed by atoms with van der Waals surface area (Å²) in [7, 11) is 0. The van der Waals surface area contributed by atoms with Crippen LogP contribution >= 0.6 is 43.6 Å². The molecule has 0 bridgehead atoms. The number of rotatable bonds is 7. The van der Waals surface area contributed by atoms with Crippen molar-refractivity contribution >= 4 is 55.7 Å². The van der Waals surface area contributed by atoms with Crippen LogP contribution in [0.3, 0.4) is 0 Å². The molecule has 7 heteroatoms. The second-order valence-corrected chi connectivity index (χ2v) is 9.37. The number of amides is 1. The maximum atomic E-state index is 12.0. The van der Waals surface area contributed by atoms with Gasteiger partial charge in [-0.1, -0.05) is 50.1 Å². The molecular formula is C22H21Br2N3OS. The number of benzene rings is 2. The molecule has 0 radical (unpaired) electrons. The first-order valence-corrected chi connectivity index (χ1v) is 11.8. The van der Waals surface area contributed by atoms with Crippen LogP contribution in [0.15, 0.2) is 68.6 Å². The minimum absolute atomic E-state index is 0.109. The summed E-state index contributed by atoms with van der Waals surface area (Å²) in [4.78, 5) is 12.0. The normalized spacial score (nSPS) is 11.2. The van der Waals surface area contributed by atoms with E-state index in [-0.39, 0.29) is 5.91 Å². The molecule has 3 rings (SSSR count). The van der Waals surface area contributed by atoms with Crippen LogP contribution in [0.4, 0.5) is 0 Å². The number of halogens is 2. The van der Waals surface area contributed by atoms with E-state index >= 15 is 0 Å². The monoisotopic (exact) mass is 533 g/mol. The molecule has 0 fully saturated rings. The van der Waals surface area contributed by atoms with Crippen LogP contribution in [0, 0.1) is 13.8 Å². The third-order valence-electron chi connectivity index (χ3n) is 4.32. The van der Waals surface area contributed by atoms with Crippen molar-refractivity contribution in [1.82, 2.24) is 9.99 Å². The highest BCUT2D eigenvalue weighted by atomic mass is 79.9. The van der Waals surface area contributed by atoms with Gasteiger partial charge in [-0.05, 0) is 55.8 Å². The van der Waals surface area contributed by atoms with Gasteiger partial charge >= 0.3 is 0 Å². The summed E-state index contributed by atoms with van der Waals surface area (Å²) in [6, 6.07) is 18.3. The van der Waals surface area contributed by atoms with E-state index in [1.165, 1.54) is 5.56 Å². The van der Waals surface area contributed by atoms with Crippen LogP contribution < -0.4 is 5.43 Å². The number of hydrazone groups is 1. The lowest BCUT2D eigenvalue weighted by molar-refractivity contribution is -0.118. The number of carbonyl (C=O) groups excluding carboxylic acids is 1. The van der Waals surface area contributed by atoms with Crippen molar-refractivity contribution in [2.75, 3.05) is 5.75 Å². The Morgan fingerprint density at radius 2 is 1.83 bits per heavy atom. The number of nitrogens with one attached hydrogen (secondary N) is 1. The summed E-state index contributed by atoms with van der Waals surface area (Å²) < 4.78 is 4.25. The van der Waals surface area contributed by atoms with Crippen LogP contribution in [0.5, 0.6) is 0 Å². The minimum Gasteiger partial charge on any atom is -0.318 e. The van der Waals surface area contributed by atoms with Gasteiger partial charge in [0.25, 0.3) is 0 Å². The zero-order valence-electron chi connectivity index (χ0n) is 16.2. The molecule has 4 nitrogen and oxygen atoms in total. The van der Waals surface area contributed by atoms with Crippen LogP contribution in [0.1, 0.15) is 22.5 Å². The Hall–Kier alpha value is -1.83. The first-order valence-electron chi connectivity index (χ1n) is 9.03. The average Bonchev–Trinajstić information content (AvgIpc) is 2.95. The van der Waals surface area contributed by atoms with Crippen molar-refractivity contribution in [3.05, 3.63) is 86.1 Å². The van der Waals surface area contributed by atoms with Crippen LogP contribution in [-0.4, -0.2) is 22.4 Å². The number of carbonyl (C=O) groups is 1. The molecule has 150 valence electrons. The van der Waals surface area contributed by atoms with E-state index < -0.39 is 0 Å². The number of aryl methyl sites for hydroxylation is 1. The van der Waals surface area contributed by atoms with Gasteiger partial charge in [-0.15, -0.1) is 11.8 Å². The van der Waals surface area contributed by atoms with Crippen molar-refractivity contribution < 1.29 is 4.79 Å². The van der Waals surface area contributed by atoms with Crippen molar-refractivity contribution in [3.8, 4) is 5.69 Å². The third kappa shape index (κ3) is 6.07. The molecule has 0 atom stereocenters. The van der Waals surface area contributed by atoms with Crippen molar-refractivity contribution in [3.63, 3.8) is 0 Å². The maximum absolute atomic E-state index is 12.0. The molecular weight excluding hydrogens is 514 g/mol. The van der Waals surface area contributed by atoms with E-state index in [1.54, 1.807) is 18.0 Å². The fraction of sp³-hybridized carbons (Fsp3) is 0.182. The highest BCUT2D eigenvalue weighted by Crippen LogP contribution is 2.22. The van der Waals surface area contributed by atoms with E-state index in [9.17, 15) is 4.79 Å². The molecule has 29 heavy (non-hydrogen) atoms. The van der Waals surface area contributed by atoms with Gasteiger partial charge in [-0.3, -0.25) is 4.79 Å². The molecule has 0 aliphatic rings. The van der Waals surface area contributed by atoms with E-state index in [0.29, 0.717) is 5.75 Å². The number of aromatic nitrogens is 1. The summed E-state index contributed by atoms with van der Waals surface area (Å²) in [5.74, 6) is 1.03. The Kier molecular flexibility index (Phi) is 7.75. The van der Waals surface area contributed by atoms with Crippen molar-refractivity contribution in [2.24, 2.45) is 5.10 Å². The Morgan fingerprint density at radius 1 is 1.10 bits per heavy atom. The summed E-state index contributed by atoms with van der Waals surface area (Å²) >= 11 is 8.54. The number of hydrogen-bond acceptors (Lipinski definition) is 3. The molecule has 1 amide bonds. The highest BCUT2D eigenvalue weighted by Gasteiger charge is 2.10. The molecule has 0 aliphatic heterocycles. The van der Waals surface area contributed by atoms with Gasteiger partial charge in [0.05, 0.1) is 12.0 Å². The summed E-state index contributed by atoms with van der Waals surface area (Å²) in [5, 5.41) is 4.14. The topological polar surface area (TPSA) is 46.4 Å². The van der Waals surface area contributed by atoms with Gasteiger partial charge in [-0.2, -0.15) is 5.10 Å².